The molecule has 0 aromatic rings. The first-order valence-corrected chi connectivity index (χ1v) is 7.01. The molecule has 2 fully saturated rings. The Kier molecular flexibility index (Phi) is 4.18. The zero-order chi connectivity index (χ0) is 14.1. The fourth-order valence-electron chi connectivity index (χ4n) is 3.27. The summed E-state index contributed by atoms with van der Waals surface area (Å²) >= 11 is 0. The maximum Gasteiger partial charge on any atom is 0.310 e. The van der Waals surface area contributed by atoms with E-state index in [1.807, 2.05) is 0 Å². The Bertz CT molecular complexity index is 324. The molecule has 1 saturated heterocycles. The average molecular weight is 271 g/mol. The van der Waals surface area contributed by atoms with Crippen LogP contribution in [-0.4, -0.2) is 55.6 Å². The molecular formula is C14H25NO4. The highest BCUT2D eigenvalue weighted by molar-refractivity contribution is 5.75. The molecule has 0 amide bonds. The van der Waals surface area contributed by atoms with Crippen LogP contribution in [-0.2, 0) is 14.3 Å². The molecule has 1 N–H and O–H groups in total. The van der Waals surface area contributed by atoms with Crippen LogP contribution < -0.4 is 0 Å². The number of nitrogens with zero attached hydrogens (tertiary/aromatic N) is 1. The van der Waals surface area contributed by atoms with Crippen LogP contribution in [0.1, 0.15) is 32.6 Å². The minimum Gasteiger partial charge on any atom is -0.481 e. The van der Waals surface area contributed by atoms with Crippen molar-refractivity contribution in [1.82, 2.24) is 4.90 Å². The molecule has 1 aliphatic heterocycles. The number of likely N-dealkylation sites (tertiary alicyclic amines) is 1. The summed E-state index contributed by atoms with van der Waals surface area (Å²) < 4.78 is 10.7. The Labute approximate surface area is 114 Å². The van der Waals surface area contributed by atoms with Gasteiger partial charge in [-0.2, -0.15) is 0 Å². The smallest absolute Gasteiger partial charge is 0.310 e. The Morgan fingerprint density at radius 3 is 2.21 bits per heavy atom. The molecule has 0 bridgehead atoms. The maximum absolute atomic E-state index is 11.7. The standard InChI is InChI=1S/C14H25NO4/c1-11-4-6-13(7-5-11,12(16)17)8-15-9-14(10-15,18-2)19-3/h11H,4-10H2,1-3H3,(H,16,17). The number of hydrogen-bond donors (Lipinski definition) is 1. The predicted octanol–water partition coefficient (Wildman–Crippen LogP) is 1.57. The molecule has 0 aromatic heterocycles. The maximum atomic E-state index is 11.7. The van der Waals surface area contributed by atoms with Crippen LogP contribution in [0.5, 0.6) is 0 Å². The second-order valence-electron chi connectivity index (χ2n) is 6.23. The van der Waals surface area contributed by atoms with Crippen molar-refractivity contribution in [3.8, 4) is 0 Å². The summed E-state index contributed by atoms with van der Waals surface area (Å²) in [6.07, 6.45) is 3.60. The van der Waals surface area contributed by atoms with Gasteiger partial charge < -0.3 is 14.6 Å². The highest BCUT2D eigenvalue weighted by Gasteiger charge is 2.49. The van der Waals surface area contributed by atoms with Gasteiger partial charge in [-0.1, -0.05) is 6.92 Å². The van der Waals surface area contributed by atoms with Gasteiger partial charge in [0.15, 0.2) is 5.79 Å². The number of aliphatic carboxylic acids is 1. The zero-order valence-corrected chi connectivity index (χ0v) is 12.1. The van der Waals surface area contributed by atoms with Crippen LogP contribution in [0.2, 0.25) is 0 Å². The number of carboxylic acids is 1. The quantitative estimate of drug-likeness (QED) is 0.769. The third-order valence-corrected chi connectivity index (χ3v) is 4.88. The lowest BCUT2D eigenvalue weighted by Crippen LogP contribution is -2.66. The van der Waals surface area contributed by atoms with Crippen LogP contribution in [0.25, 0.3) is 0 Å². The molecular weight excluding hydrogens is 246 g/mol. The Morgan fingerprint density at radius 2 is 1.79 bits per heavy atom. The van der Waals surface area contributed by atoms with Crippen LogP contribution in [0, 0.1) is 11.3 Å². The summed E-state index contributed by atoms with van der Waals surface area (Å²) in [5.74, 6) is -0.519. The molecule has 0 aromatic carbocycles. The number of ether oxygens (including phenoxy) is 2. The van der Waals surface area contributed by atoms with E-state index in [0.29, 0.717) is 25.6 Å². The number of carbonyl (C=O) groups is 1. The number of rotatable bonds is 5. The highest BCUT2D eigenvalue weighted by atomic mass is 16.7. The third kappa shape index (κ3) is 2.78. The Balaban J connectivity index is 1.95. The van der Waals surface area contributed by atoms with Crippen LogP contribution in [0.15, 0.2) is 0 Å². The largest absolute Gasteiger partial charge is 0.481 e. The monoisotopic (exact) mass is 271 g/mol. The number of carboxylic acid groups (broad SMARTS) is 1. The molecule has 1 saturated carbocycles. The third-order valence-electron chi connectivity index (χ3n) is 4.88. The van der Waals surface area contributed by atoms with E-state index < -0.39 is 17.2 Å². The predicted molar refractivity (Wildman–Crippen MR) is 70.9 cm³/mol. The van der Waals surface area contributed by atoms with E-state index in [-0.39, 0.29) is 0 Å². The molecule has 2 aliphatic rings. The van der Waals surface area contributed by atoms with Crippen molar-refractivity contribution in [2.24, 2.45) is 11.3 Å². The summed E-state index contributed by atoms with van der Waals surface area (Å²) in [4.78, 5) is 13.8. The van der Waals surface area contributed by atoms with Crippen molar-refractivity contribution >= 4 is 5.97 Å². The molecule has 5 heteroatoms. The SMILES string of the molecule is COC1(OC)CN(CC2(C(=O)O)CCC(C)CC2)C1. The minimum atomic E-state index is -0.647. The van der Waals surface area contributed by atoms with E-state index in [2.05, 4.69) is 11.8 Å². The summed E-state index contributed by atoms with van der Waals surface area (Å²) in [6, 6.07) is 0. The van der Waals surface area contributed by atoms with Crippen molar-refractivity contribution < 1.29 is 19.4 Å². The van der Waals surface area contributed by atoms with E-state index in [4.69, 9.17) is 9.47 Å². The Hall–Kier alpha value is -0.650. The molecule has 110 valence electrons. The van der Waals surface area contributed by atoms with Gasteiger partial charge in [0.25, 0.3) is 0 Å². The van der Waals surface area contributed by atoms with E-state index in [1.165, 1.54) is 0 Å². The first kappa shape index (κ1) is 14.8. The van der Waals surface area contributed by atoms with E-state index in [0.717, 1.165) is 25.7 Å². The van der Waals surface area contributed by atoms with Gasteiger partial charge in [0.2, 0.25) is 0 Å². The molecule has 0 spiro atoms. The molecule has 2 rings (SSSR count). The normalized spacial score (nSPS) is 34.8. The number of hydrogen-bond acceptors (Lipinski definition) is 4. The van der Waals surface area contributed by atoms with Gasteiger partial charge >= 0.3 is 5.97 Å². The first-order valence-electron chi connectivity index (χ1n) is 7.01. The molecule has 19 heavy (non-hydrogen) atoms. The second-order valence-corrected chi connectivity index (χ2v) is 6.23. The second kappa shape index (κ2) is 5.38. The number of methoxy groups -OCH3 is 2. The summed E-state index contributed by atoms with van der Waals surface area (Å²) in [5.41, 5.74) is -0.569. The van der Waals surface area contributed by atoms with E-state index in [1.54, 1.807) is 14.2 Å². The molecule has 5 nitrogen and oxygen atoms in total. The molecule has 0 unspecified atom stereocenters. The first-order chi connectivity index (χ1) is 8.95. The van der Waals surface area contributed by atoms with E-state index >= 15 is 0 Å². The van der Waals surface area contributed by atoms with Crippen molar-refractivity contribution in [1.29, 1.82) is 0 Å². The fourth-order valence-corrected chi connectivity index (χ4v) is 3.27. The Morgan fingerprint density at radius 1 is 1.26 bits per heavy atom. The molecule has 1 aliphatic carbocycles. The molecule has 0 atom stereocenters. The highest BCUT2D eigenvalue weighted by Crippen LogP contribution is 2.41. The van der Waals surface area contributed by atoms with Crippen LogP contribution in [0.3, 0.4) is 0 Å². The average Bonchev–Trinajstić information content (AvgIpc) is 2.36. The molecule has 0 radical (unpaired) electrons. The lowest BCUT2D eigenvalue weighted by Gasteiger charge is -2.51. The van der Waals surface area contributed by atoms with Gasteiger partial charge in [-0.25, -0.2) is 0 Å². The van der Waals surface area contributed by atoms with Crippen molar-refractivity contribution in [2.45, 2.75) is 38.4 Å². The van der Waals surface area contributed by atoms with Crippen molar-refractivity contribution in [3.63, 3.8) is 0 Å². The fraction of sp³-hybridized carbons (Fsp3) is 0.929. The minimum absolute atomic E-state index is 0.526. The molecule has 1 heterocycles. The van der Waals surface area contributed by atoms with Gasteiger partial charge in [0.05, 0.1) is 18.5 Å². The summed E-state index contributed by atoms with van der Waals surface area (Å²) in [6.45, 7) is 4.13. The lowest BCUT2D eigenvalue weighted by molar-refractivity contribution is -0.279. The van der Waals surface area contributed by atoms with Crippen LogP contribution in [0.4, 0.5) is 0 Å². The summed E-state index contributed by atoms with van der Waals surface area (Å²) in [5, 5.41) is 9.60. The van der Waals surface area contributed by atoms with Gasteiger partial charge in [-0.3, -0.25) is 9.69 Å². The van der Waals surface area contributed by atoms with Crippen LogP contribution >= 0.6 is 0 Å². The zero-order valence-electron chi connectivity index (χ0n) is 12.1. The van der Waals surface area contributed by atoms with Gasteiger partial charge in [-0.15, -0.1) is 0 Å². The van der Waals surface area contributed by atoms with Gasteiger partial charge in [-0.05, 0) is 31.6 Å². The lowest BCUT2D eigenvalue weighted by atomic mass is 9.70. The summed E-state index contributed by atoms with van der Waals surface area (Å²) in [7, 11) is 3.27. The topological polar surface area (TPSA) is 59.0 Å². The van der Waals surface area contributed by atoms with E-state index in [9.17, 15) is 9.90 Å². The van der Waals surface area contributed by atoms with Gasteiger partial charge in [0.1, 0.15) is 0 Å². The van der Waals surface area contributed by atoms with Crippen molar-refractivity contribution in [2.75, 3.05) is 33.9 Å². The van der Waals surface area contributed by atoms with Crippen molar-refractivity contribution in [3.05, 3.63) is 0 Å². The van der Waals surface area contributed by atoms with Gasteiger partial charge in [0, 0.05) is 20.8 Å².